The summed E-state index contributed by atoms with van der Waals surface area (Å²) in [6, 6.07) is 8.86. The van der Waals surface area contributed by atoms with Crippen molar-refractivity contribution in [3.63, 3.8) is 0 Å². The number of aromatic hydroxyl groups is 1. The first kappa shape index (κ1) is 22.1. The number of aliphatic hydroxyl groups excluding tert-OH is 4. The van der Waals surface area contributed by atoms with Crippen molar-refractivity contribution in [1.29, 1.82) is 0 Å². The normalized spacial score (nSPS) is 25.6. The van der Waals surface area contributed by atoms with Crippen LogP contribution in [0, 0.1) is 0 Å². The second-order valence-corrected chi connectivity index (χ2v) is 7.34. The molecule has 10 nitrogen and oxygen atoms in total. The zero-order valence-electron chi connectivity index (χ0n) is 16.9. The van der Waals surface area contributed by atoms with Crippen LogP contribution in [-0.2, 0) is 4.74 Å². The molecule has 3 aromatic rings. The maximum atomic E-state index is 13.0. The Morgan fingerprint density at radius 1 is 1.00 bits per heavy atom. The molecule has 2 aromatic carbocycles. The smallest absolute Gasteiger partial charge is 0.229 e. The SMILES string of the molecule is COc1cc2c(=O)c(-c3ccc(O)cc3)coc2cc1O[C@H]1O[C@@H](CO)[C@@H](O)[C@@H](O)[C@H]1O. The molecule has 1 aliphatic rings. The maximum Gasteiger partial charge on any atom is 0.229 e. The van der Waals surface area contributed by atoms with Crippen LogP contribution in [0.5, 0.6) is 17.2 Å². The molecule has 1 aliphatic heterocycles. The van der Waals surface area contributed by atoms with Gasteiger partial charge in [-0.25, -0.2) is 0 Å². The Hall–Kier alpha value is -3.15. The summed E-state index contributed by atoms with van der Waals surface area (Å²) in [6.07, 6.45) is -6.04. The van der Waals surface area contributed by atoms with Gasteiger partial charge in [-0.05, 0) is 23.8 Å². The van der Waals surface area contributed by atoms with Gasteiger partial charge in [0, 0.05) is 6.07 Å². The summed E-state index contributed by atoms with van der Waals surface area (Å²) in [5, 5.41) is 49.1. The van der Waals surface area contributed by atoms with Crippen LogP contribution < -0.4 is 14.9 Å². The molecule has 0 saturated carbocycles. The van der Waals surface area contributed by atoms with Gasteiger partial charge in [0.15, 0.2) is 11.5 Å². The molecule has 1 fully saturated rings. The van der Waals surface area contributed by atoms with Crippen molar-refractivity contribution in [2.24, 2.45) is 0 Å². The Labute approximate surface area is 181 Å². The molecular weight excluding hydrogens is 424 g/mol. The molecule has 1 saturated heterocycles. The summed E-state index contributed by atoms with van der Waals surface area (Å²) in [6.45, 7) is -0.603. The number of benzene rings is 2. The van der Waals surface area contributed by atoms with E-state index >= 15 is 0 Å². The predicted octanol–water partition coefficient (Wildman–Crippen LogP) is 0.353. The first-order chi connectivity index (χ1) is 15.3. The minimum absolute atomic E-state index is 0.0462. The lowest BCUT2D eigenvalue weighted by molar-refractivity contribution is -0.277. The molecule has 0 bridgehead atoms. The molecule has 32 heavy (non-hydrogen) atoms. The average Bonchev–Trinajstić information content (AvgIpc) is 2.80. The minimum atomic E-state index is -1.61. The van der Waals surface area contributed by atoms with Crippen LogP contribution in [0.4, 0.5) is 0 Å². The quantitative estimate of drug-likeness (QED) is 0.370. The third-order valence-corrected chi connectivity index (χ3v) is 5.33. The van der Waals surface area contributed by atoms with Crippen LogP contribution in [0.3, 0.4) is 0 Å². The lowest BCUT2D eigenvalue weighted by Crippen LogP contribution is -2.60. The molecule has 10 heteroatoms. The zero-order valence-corrected chi connectivity index (χ0v) is 16.9. The molecule has 4 rings (SSSR count). The average molecular weight is 446 g/mol. The van der Waals surface area contributed by atoms with Crippen LogP contribution >= 0.6 is 0 Å². The Kier molecular flexibility index (Phi) is 6.04. The van der Waals surface area contributed by atoms with Crippen LogP contribution in [-0.4, -0.2) is 70.0 Å². The maximum absolute atomic E-state index is 13.0. The first-order valence-corrected chi connectivity index (χ1v) is 9.74. The second-order valence-electron chi connectivity index (χ2n) is 7.34. The Balaban J connectivity index is 1.71. The molecule has 0 aliphatic carbocycles. The fourth-order valence-corrected chi connectivity index (χ4v) is 3.52. The second kappa shape index (κ2) is 8.77. The highest BCUT2D eigenvalue weighted by Crippen LogP contribution is 2.35. The third kappa shape index (κ3) is 3.90. The van der Waals surface area contributed by atoms with Crippen molar-refractivity contribution in [3.8, 4) is 28.4 Å². The largest absolute Gasteiger partial charge is 0.508 e. The molecule has 170 valence electrons. The molecule has 0 amide bonds. The number of phenolic OH excluding ortho intramolecular Hbond substituents is 1. The van der Waals surface area contributed by atoms with Gasteiger partial charge in [0.25, 0.3) is 0 Å². The van der Waals surface area contributed by atoms with Gasteiger partial charge in [-0.1, -0.05) is 12.1 Å². The van der Waals surface area contributed by atoms with E-state index in [2.05, 4.69) is 0 Å². The molecule has 2 heterocycles. The van der Waals surface area contributed by atoms with Gasteiger partial charge in [0.05, 0.1) is 24.7 Å². The van der Waals surface area contributed by atoms with E-state index in [1.54, 1.807) is 12.1 Å². The Bertz CT molecular complexity index is 1150. The number of fused-ring (bicyclic) bond motifs is 1. The molecule has 5 N–H and O–H groups in total. The molecule has 5 atom stereocenters. The predicted molar refractivity (Wildman–Crippen MR) is 111 cm³/mol. The van der Waals surface area contributed by atoms with Gasteiger partial charge in [0.1, 0.15) is 42.0 Å². The Morgan fingerprint density at radius 2 is 1.72 bits per heavy atom. The topological polar surface area (TPSA) is 159 Å². The minimum Gasteiger partial charge on any atom is -0.508 e. The molecule has 0 radical (unpaired) electrons. The van der Waals surface area contributed by atoms with Crippen molar-refractivity contribution >= 4 is 11.0 Å². The zero-order chi connectivity index (χ0) is 23.0. The van der Waals surface area contributed by atoms with E-state index in [4.69, 9.17) is 18.6 Å². The van der Waals surface area contributed by atoms with Crippen LogP contribution in [0.2, 0.25) is 0 Å². The number of aliphatic hydroxyl groups is 4. The van der Waals surface area contributed by atoms with Crippen molar-refractivity contribution in [2.45, 2.75) is 30.7 Å². The monoisotopic (exact) mass is 446 g/mol. The molecule has 0 spiro atoms. The molecular formula is C22H22O10. The van der Waals surface area contributed by atoms with Crippen molar-refractivity contribution in [1.82, 2.24) is 0 Å². The highest BCUT2D eigenvalue weighted by Gasteiger charge is 2.45. The third-order valence-electron chi connectivity index (χ3n) is 5.33. The lowest BCUT2D eigenvalue weighted by Gasteiger charge is -2.39. The Morgan fingerprint density at radius 3 is 2.38 bits per heavy atom. The highest BCUT2D eigenvalue weighted by atomic mass is 16.7. The fraction of sp³-hybridized carbons (Fsp3) is 0.318. The van der Waals surface area contributed by atoms with Gasteiger partial charge >= 0.3 is 0 Å². The summed E-state index contributed by atoms with van der Waals surface area (Å²) in [4.78, 5) is 13.0. The number of hydrogen-bond donors (Lipinski definition) is 5. The summed E-state index contributed by atoms with van der Waals surface area (Å²) in [5.74, 6) is 0.241. The molecule has 0 unspecified atom stereocenters. The van der Waals surface area contributed by atoms with Crippen LogP contribution in [0.1, 0.15) is 0 Å². The van der Waals surface area contributed by atoms with Gasteiger partial charge in [-0.3, -0.25) is 4.79 Å². The standard InChI is InChI=1S/C22H22O10/c1-29-15-6-12-14(30-9-13(18(12)25)10-2-4-11(24)5-3-10)7-16(15)31-22-21(28)20(27)19(26)17(8-23)32-22/h2-7,9,17,19-24,26-28H,8H2,1H3/t17-,19+,20+,21+,22-/m0/s1. The number of phenols is 1. The van der Waals surface area contributed by atoms with E-state index in [0.717, 1.165) is 0 Å². The highest BCUT2D eigenvalue weighted by molar-refractivity contribution is 5.84. The number of rotatable bonds is 5. The van der Waals surface area contributed by atoms with Gasteiger partial charge in [-0.2, -0.15) is 0 Å². The van der Waals surface area contributed by atoms with E-state index in [9.17, 15) is 30.3 Å². The summed E-state index contributed by atoms with van der Waals surface area (Å²) >= 11 is 0. The van der Waals surface area contributed by atoms with E-state index in [-0.39, 0.29) is 39.2 Å². The van der Waals surface area contributed by atoms with Crippen molar-refractivity contribution < 1.29 is 44.2 Å². The van der Waals surface area contributed by atoms with E-state index < -0.39 is 37.3 Å². The van der Waals surface area contributed by atoms with Gasteiger partial charge in [0.2, 0.25) is 11.7 Å². The van der Waals surface area contributed by atoms with E-state index in [0.29, 0.717) is 5.56 Å². The first-order valence-electron chi connectivity index (χ1n) is 9.74. The summed E-state index contributed by atoms with van der Waals surface area (Å²) in [5.41, 5.74) is 0.661. The van der Waals surface area contributed by atoms with E-state index in [1.807, 2.05) is 0 Å². The van der Waals surface area contributed by atoms with E-state index in [1.165, 1.54) is 37.6 Å². The van der Waals surface area contributed by atoms with Gasteiger partial charge in [-0.15, -0.1) is 0 Å². The van der Waals surface area contributed by atoms with Crippen molar-refractivity contribution in [3.05, 3.63) is 52.9 Å². The number of hydrogen-bond acceptors (Lipinski definition) is 10. The van der Waals surface area contributed by atoms with Crippen molar-refractivity contribution in [2.75, 3.05) is 13.7 Å². The lowest BCUT2D eigenvalue weighted by atomic mass is 9.99. The summed E-state index contributed by atoms with van der Waals surface area (Å²) in [7, 11) is 1.35. The number of ether oxygens (including phenoxy) is 3. The van der Waals surface area contributed by atoms with Crippen LogP contribution in [0.25, 0.3) is 22.1 Å². The van der Waals surface area contributed by atoms with Gasteiger partial charge < -0.3 is 44.2 Å². The summed E-state index contributed by atoms with van der Waals surface area (Å²) < 4.78 is 21.9. The molecule has 1 aromatic heterocycles. The number of methoxy groups -OCH3 is 1. The van der Waals surface area contributed by atoms with Crippen LogP contribution in [0.15, 0.2) is 51.9 Å². The fourth-order valence-electron chi connectivity index (χ4n) is 3.52.